The summed E-state index contributed by atoms with van der Waals surface area (Å²) in [6, 6.07) is 5.88. The number of hydrogen-bond donors (Lipinski definition) is 2. The lowest BCUT2D eigenvalue weighted by Gasteiger charge is -2.27. The smallest absolute Gasteiger partial charge is 0.374 e. The molecule has 2 rings (SSSR count). The van der Waals surface area contributed by atoms with Gasteiger partial charge in [0, 0.05) is 0 Å². The lowest BCUT2D eigenvalue weighted by Crippen LogP contribution is -2.45. The molecule has 0 amide bonds. The van der Waals surface area contributed by atoms with Crippen LogP contribution in [0, 0.1) is 0 Å². The molecular formula is C15H17NO8. The number of furan rings is 2. The number of hydrogen-bond acceptors (Lipinski definition) is 9. The molecule has 2 heterocycles. The molecule has 0 bridgehead atoms. The van der Waals surface area contributed by atoms with Gasteiger partial charge in [-0.25, -0.2) is 9.59 Å². The molecule has 2 N–H and O–H groups in total. The predicted octanol–water partition coefficient (Wildman–Crippen LogP) is 0.455. The molecule has 9 nitrogen and oxygen atoms in total. The summed E-state index contributed by atoms with van der Waals surface area (Å²) in [6.45, 7) is -0.807. The fourth-order valence-electron chi connectivity index (χ4n) is 1.67. The highest BCUT2D eigenvalue weighted by Crippen LogP contribution is 2.07. The van der Waals surface area contributed by atoms with Crippen LogP contribution < -0.4 is 0 Å². The quantitative estimate of drug-likeness (QED) is 0.521. The third-order valence-electron chi connectivity index (χ3n) is 3.11. The highest BCUT2D eigenvalue weighted by molar-refractivity contribution is 5.86. The van der Waals surface area contributed by atoms with Crippen molar-refractivity contribution in [1.82, 2.24) is 4.90 Å². The lowest BCUT2D eigenvalue weighted by molar-refractivity contribution is -0.123. The molecule has 0 aliphatic heterocycles. The van der Waals surface area contributed by atoms with E-state index in [2.05, 4.69) is 0 Å². The van der Waals surface area contributed by atoms with Crippen molar-refractivity contribution in [2.75, 3.05) is 20.3 Å². The van der Waals surface area contributed by atoms with E-state index in [1.54, 1.807) is 0 Å². The Morgan fingerprint density at radius 1 is 1.00 bits per heavy atom. The Hall–Kier alpha value is -2.62. The number of aliphatic hydroxyl groups excluding tert-OH is 2. The Morgan fingerprint density at radius 2 is 1.42 bits per heavy atom. The fraction of sp³-hybridized carbons (Fsp3) is 0.333. The summed E-state index contributed by atoms with van der Waals surface area (Å²) < 4.78 is 19.4. The molecule has 0 saturated heterocycles. The van der Waals surface area contributed by atoms with Gasteiger partial charge < -0.3 is 28.5 Å². The SMILES string of the molecule is CN(C(O)COC(=O)c1ccco1)C(O)COC(=O)c1ccco1. The van der Waals surface area contributed by atoms with E-state index in [0.29, 0.717) is 0 Å². The zero-order valence-corrected chi connectivity index (χ0v) is 12.8. The summed E-state index contributed by atoms with van der Waals surface area (Å²) in [5.41, 5.74) is 0. The van der Waals surface area contributed by atoms with Gasteiger partial charge >= 0.3 is 11.9 Å². The van der Waals surface area contributed by atoms with Crippen LogP contribution in [-0.2, 0) is 9.47 Å². The molecule has 2 atom stereocenters. The van der Waals surface area contributed by atoms with Crippen LogP contribution >= 0.6 is 0 Å². The second-order valence-corrected chi connectivity index (χ2v) is 4.78. The summed E-state index contributed by atoms with van der Waals surface area (Å²) in [4.78, 5) is 24.2. The predicted molar refractivity (Wildman–Crippen MR) is 77.8 cm³/mol. The van der Waals surface area contributed by atoms with E-state index in [4.69, 9.17) is 18.3 Å². The first kappa shape index (κ1) is 17.7. The maximum absolute atomic E-state index is 11.6. The number of rotatable bonds is 8. The van der Waals surface area contributed by atoms with Crippen LogP contribution in [0.4, 0.5) is 0 Å². The third kappa shape index (κ3) is 4.69. The van der Waals surface area contributed by atoms with Crippen LogP contribution in [0.25, 0.3) is 0 Å². The van der Waals surface area contributed by atoms with Crippen LogP contribution in [-0.4, -0.2) is 59.8 Å². The van der Waals surface area contributed by atoms with Gasteiger partial charge in [0.25, 0.3) is 0 Å². The van der Waals surface area contributed by atoms with Gasteiger partial charge in [-0.2, -0.15) is 0 Å². The first-order valence-corrected chi connectivity index (χ1v) is 6.98. The number of nitrogens with zero attached hydrogens (tertiary/aromatic N) is 1. The van der Waals surface area contributed by atoms with Crippen LogP contribution in [0.2, 0.25) is 0 Å². The highest BCUT2D eigenvalue weighted by Gasteiger charge is 2.23. The summed E-state index contributed by atoms with van der Waals surface area (Å²) >= 11 is 0. The van der Waals surface area contributed by atoms with Crippen molar-refractivity contribution in [3.05, 3.63) is 48.3 Å². The molecular weight excluding hydrogens is 322 g/mol. The van der Waals surface area contributed by atoms with Crippen molar-refractivity contribution in [2.24, 2.45) is 0 Å². The molecule has 9 heteroatoms. The Labute approximate surface area is 137 Å². The second kappa shape index (κ2) is 8.29. The van der Waals surface area contributed by atoms with Crippen LogP contribution in [0.3, 0.4) is 0 Å². The van der Waals surface area contributed by atoms with E-state index in [1.807, 2.05) is 0 Å². The minimum atomic E-state index is -1.30. The van der Waals surface area contributed by atoms with E-state index in [-0.39, 0.29) is 11.5 Å². The summed E-state index contributed by atoms with van der Waals surface area (Å²) in [5.74, 6) is -1.49. The molecule has 2 aromatic rings. The van der Waals surface area contributed by atoms with Crippen LogP contribution in [0.1, 0.15) is 21.1 Å². The zero-order chi connectivity index (χ0) is 17.5. The van der Waals surface area contributed by atoms with Crippen molar-refractivity contribution < 1.29 is 38.1 Å². The highest BCUT2D eigenvalue weighted by atomic mass is 16.6. The first-order valence-electron chi connectivity index (χ1n) is 6.98. The zero-order valence-electron chi connectivity index (χ0n) is 12.8. The molecule has 2 unspecified atom stereocenters. The maximum Gasteiger partial charge on any atom is 0.374 e. The van der Waals surface area contributed by atoms with Gasteiger partial charge in [0.05, 0.1) is 12.5 Å². The van der Waals surface area contributed by atoms with Gasteiger partial charge in [0.15, 0.2) is 0 Å². The van der Waals surface area contributed by atoms with E-state index in [0.717, 1.165) is 4.90 Å². The van der Waals surface area contributed by atoms with E-state index in [1.165, 1.54) is 43.8 Å². The number of carbonyl (C=O) groups is 2. The third-order valence-corrected chi connectivity index (χ3v) is 3.11. The molecule has 130 valence electrons. The van der Waals surface area contributed by atoms with Crippen molar-refractivity contribution >= 4 is 11.9 Å². The summed E-state index contributed by atoms with van der Waals surface area (Å²) in [7, 11) is 1.37. The minimum Gasteiger partial charge on any atom is -0.457 e. The van der Waals surface area contributed by atoms with Gasteiger partial charge in [-0.15, -0.1) is 0 Å². The van der Waals surface area contributed by atoms with Crippen molar-refractivity contribution in [1.29, 1.82) is 0 Å². The molecule has 24 heavy (non-hydrogen) atoms. The monoisotopic (exact) mass is 339 g/mol. The standard InChI is InChI=1S/C15H17NO8/c1-16(12(17)8-23-14(19)10-4-2-6-21-10)13(18)9-24-15(20)11-5-3-7-22-11/h2-7,12-13,17-18H,8-9H2,1H3. The summed E-state index contributed by atoms with van der Waals surface area (Å²) in [5, 5.41) is 19.8. The molecule has 0 fully saturated rings. The molecule has 0 aliphatic rings. The normalized spacial score (nSPS) is 13.5. The van der Waals surface area contributed by atoms with E-state index < -0.39 is 37.6 Å². The maximum atomic E-state index is 11.6. The van der Waals surface area contributed by atoms with Crippen molar-refractivity contribution in [3.63, 3.8) is 0 Å². The largest absolute Gasteiger partial charge is 0.457 e. The van der Waals surface area contributed by atoms with Gasteiger partial charge in [0.2, 0.25) is 11.5 Å². The second-order valence-electron chi connectivity index (χ2n) is 4.78. The van der Waals surface area contributed by atoms with Crippen LogP contribution in [0.5, 0.6) is 0 Å². The molecule has 0 aliphatic carbocycles. The van der Waals surface area contributed by atoms with Gasteiger partial charge in [-0.3, -0.25) is 4.90 Å². The van der Waals surface area contributed by atoms with Gasteiger partial charge in [-0.05, 0) is 31.3 Å². The molecule has 0 spiro atoms. The van der Waals surface area contributed by atoms with E-state index in [9.17, 15) is 19.8 Å². The Balaban J connectivity index is 1.74. The van der Waals surface area contributed by atoms with Crippen molar-refractivity contribution in [3.8, 4) is 0 Å². The average Bonchev–Trinajstić information content (AvgIpc) is 3.29. The fourth-order valence-corrected chi connectivity index (χ4v) is 1.67. The summed E-state index contributed by atoms with van der Waals surface area (Å²) in [6.07, 6.45) is 0.0227. The molecule has 0 radical (unpaired) electrons. The Morgan fingerprint density at radius 3 is 1.75 bits per heavy atom. The average molecular weight is 339 g/mol. The molecule has 0 aromatic carbocycles. The van der Waals surface area contributed by atoms with E-state index >= 15 is 0 Å². The number of ether oxygens (including phenoxy) is 2. The molecule has 0 saturated carbocycles. The Bertz CT molecular complexity index is 580. The van der Waals surface area contributed by atoms with Gasteiger partial charge in [0.1, 0.15) is 25.7 Å². The first-order chi connectivity index (χ1) is 11.5. The topological polar surface area (TPSA) is 123 Å². The number of esters is 2. The van der Waals surface area contributed by atoms with Gasteiger partial charge in [-0.1, -0.05) is 0 Å². The Kier molecular flexibility index (Phi) is 6.13. The lowest BCUT2D eigenvalue weighted by atomic mass is 10.4. The van der Waals surface area contributed by atoms with Crippen LogP contribution in [0.15, 0.2) is 45.6 Å². The number of likely N-dealkylation sites (N-methyl/N-ethyl adjacent to an activating group) is 1. The molecule has 2 aromatic heterocycles. The van der Waals surface area contributed by atoms with Crippen molar-refractivity contribution in [2.45, 2.75) is 12.5 Å². The number of carbonyl (C=O) groups excluding carboxylic acids is 2. The number of aliphatic hydroxyl groups is 2. The minimum absolute atomic E-state index is 0.00206.